The van der Waals surface area contributed by atoms with Crippen molar-refractivity contribution in [3.8, 4) is 11.5 Å². The molecule has 2 N–H and O–H groups in total. The van der Waals surface area contributed by atoms with Gasteiger partial charge in [0.25, 0.3) is 5.91 Å². The number of nitrogens with one attached hydrogen (secondary N) is 2. The molecule has 2 amide bonds. The predicted octanol–water partition coefficient (Wildman–Crippen LogP) is 2.88. The monoisotopic (exact) mass is 356 g/mol. The standard InChI is InChI=1S/C20H24N2O4/c1-14(2)26-17-11-10-16(13-18(17)25-3)20(24)22-21-19(23)12-9-15-7-5-4-6-8-15/h4-8,10-11,13-14H,9,12H2,1-3H3,(H,21,23)(H,22,24). The van der Waals surface area contributed by atoms with Crippen molar-refractivity contribution < 1.29 is 19.1 Å². The average Bonchev–Trinajstić information content (AvgIpc) is 2.65. The maximum atomic E-state index is 12.2. The maximum Gasteiger partial charge on any atom is 0.269 e. The largest absolute Gasteiger partial charge is 0.493 e. The molecule has 138 valence electrons. The lowest BCUT2D eigenvalue weighted by Gasteiger charge is -2.14. The van der Waals surface area contributed by atoms with E-state index in [0.29, 0.717) is 23.5 Å². The molecule has 0 bridgehead atoms. The molecule has 0 spiro atoms. The molecule has 0 saturated heterocycles. The molecule has 2 rings (SSSR count). The zero-order chi connectivity index (χ0) is 18.9. The Morgan fingerprint density at radius 1 is 1.00 bits per heavy atom. The Balaban J connectivity index is 1.87. The molecule has 0 aliphatic rings. The summed E-state index contributed by atoms with van der Waals surface area (Å²) >= 11 is 0. The summed E-state index contributed by atoms with van der Waals surface area (Å²) in [5, 5.41) is 0. The Kier molecular flexibility index (Phi) is 7.02. The van der Waals surface area contributed by atoms with E-state index in [-0.39, 0.29) is 18.4 Å². The summed E-state index contributed by atoms with van der Waals surface area (Å²) in [5.41, 5.74) is 6.27. The number of ether oxygens (including phenoxy) is 2. The van der Waals surface area contributed by atoms with Gasteiger partial charge in [0.05, 0.1) is 13.2 Å². The number of hydrogen-bond acceptors (Lipinski definition) is 4. The minimum atomic E-state index is -0.424. The third-order valence-electron chi connectivity index (χ3n) is 3.59. The lowest BCUT2D eigenvalue weighted by atomic mass is 10.1. The second kappa shape index (κ2) is 9.46. The Bertz CT molecular complexity index is 745. The van der Waals surface area contributed by atoms with Crippen LogP contribution in [-0.2, 0) is 11.2 Å². The first-order valence-electron chi connectivity index (χ1n) is 8.47. The van der Waals surface area contributed by atoms with Gasteiger partial charge in [0.1, 0.15) is 0 Å². The van der Waals surface area contributed by atoms with E-state index in [9.17, 15) is 9.59 Å². The number of methoxy groups -OCH3 is 1. The van der Waals surface area contributed by atoms with E-state index in [1.54, 1.807) is 18.2 Å². The van der Waals surface area contributed by atoms with Gasteiger partial charge in [0.15, 0.2) is 11.5 Å². The molecule has 6 heteroatoms. The number of rotatable bonds is 7. The van der Waals surface area contributed by atoms with Gasteiger partial charge in [-0.3, -0.25) is 20.4 Å². The van der Waals surface area contributed by atoms with Crippen LogP contribution in [0, 0.1) is 0 Å². The van der Waals surface area contributed by atoms with Crippen LogP contribution >= 0.6 is 0 Å². The van der Waals surface area contributed by atoms with Crippen molar-refractivity contribution in [1.82, 2.24) is 10.9 Å². The summed E-state index contributed by atoms with van der Waals surface area (Å²) in [7, 11) is 1.51. The highest BCUT2D eigenvalue weighted by Crippen LogP contribution is 2.28. The smallest absolute Gasteiger partial charge is 0.269 e. The van der Waals surface area contributed by atoms with Gasteiger partial charge < -0.3 is 9.47 Å². The highest BCUT2D eigenvalue weighted by molar-refractivity contribution is 5.96. The highest BCUT2D eigenvalue weighted by Gasteiger charge is 2.13. The van der Waals surface area contributed by atoms with Gasteiger partial charge >= 0.3 is 0 Å². The molecule has 0 atom stereocenters. The van der Waals surface area contributed by atoms with Gasteiger partial charge in [-0.25, -0.2) is 0 Å². The van der Waals surface area contributed by atoms with Gasteiger partial charge in [-0.2, -0.15) is 0 Å². The number of aryl methyl sites for hydroxylation is 1. The van der Waals surface area contributed by atoms with Crippen LogP contribution in [0.5, 0.6) is 11.5 Å². The van der Waals surface area contributed by atoms with Crippen LogP contribution < -0.4 is 20.3 Å². The normalized spacial score (nSPS) is 10.3. The Morgan fingerprint density at radius 3 is 2.38 bits per heavy atom. The molecule has 0 aliphatic carbocycles. The lowest BCUT2D eigenvalue weighted by molar-refractivity contribution is -0.121. The van der Waals surface area contributed by atoms with E-state index in [0.717, 1.165) is 5.56 Å². The summed E-state index contributed by atoms with van der Waals surface area (Å²) in [5.74, 6) is 0.342. The fraction of sp³-hybridized carbons (Fsp3) is 0.300. The van der Waals surface area contributed by atoms with E-state index in [4.69, 9.17) is 9.47 Å². The molecule has 6 nitrogen and oxygen atoms in total. The number of benzene rings is 2. The highest BCUT2D eigenvalue weighted by atomic mass is 16.5. The third kappa shape index (κ3) is 5.81. The van der Waals surface area contributed by atoms with E-state index >= 15 is 0 Å². The van der Waals surface area contributed by atoms with Crippen molar-refractivity contribution in [1.29, 1.82) is 0 Å². The Morgan fingerprint density at radius 2 is 1.73 bits per heavy atom. The molecular weight excluding hydrogens is 332 g/mol. The van der Waals surface area contributed by atoms with Crippen LogP contribution in [0.2, 0.25) is 0 Å². The summed E-state index contributed by atoms with van der Waals surface area (Å²) in [6, 6.07) is 14.6. The fourth-order valence-corrected chi connectivity index (χ4v) is 2.32. The molecule has 0 radical (unpaired) electrons. The first-order chi connectivity index (χ1) is 12.5. The molecule has 0 saturated carbocycles. The zero-order valence-corrected chi connectivity index (χ0v) is 15.2. The van der Waals surface area contributed by atoms with Crippen LogP contribution in [0.1, 0.15) is 36.2 Å². The summed E-state index contributed by atoms with van der Waals surface area (Å²) in [6.07, 6.45) is 0.888. The Labute approximate surface area is 153 Å². The molecule has 0 unspecified atom stereocenters. The summed E-state index contributed by atoms with van der Waals surface area (Å²) < 4.78 is 10.9. The number of carbonyl (C=O) groups is 2. The van der Waals surface area contributed by atoms with Crippen molar-refractivity contribution in [2.45, 2.75) is 32.8 Å². The van der Waals surface area contributed by atoms with E-state index in [1.807, 2.05) is 44.2 Å². The number of carbonyl (C=O) groups excluding carboxylic acids is 2. The van der Waals surface area contributed by atoms with E-state index < -0.39 is 5.91 Å². The predicted molar refractivity (Wildman–Crippen MR) is 99.1 cm³/mol. The number of hydrogen-bond donors (Lipinski definition) is 2. The van der Waals surface area contributed by atoms with Crippen molar-refractivity contribution in [3.63, 3.8) is 0 Å². The molecule has 0 aliphatic heterocycles. The van der Waals surface area contributed by atoms with Crippen molar-refractivity contribution >= 4 is 11.8 Å². The van der Waals surface area contributed by atoms with Gasteiger partial charge in [0.2, 0.25) is 5.91 Å². The lowest BCUT2D eigenvalue weighted by Crippen LogP contribution is -2.41. The van der Waals surface area contributed by atoms with Gasteiger partial charge in [-0.15, -0.1) is 0 Å². The molecule has 0 heterocycles. The Hall–Kier alpha value is -3.02. The molecule has 2 aromatic rings. The molecule has 2 aromatic carbocycles. The maximum absolute atomic E-state index is 12.2. The first-order valence-corrected chi connectivity index (χ1v) is 8.47. The van der Waals surface area contributed by atoms with Crippen LogP contribution in [0.15, 0.2) is 48.5 Å². The topological polar surface area (TPSA) is 76.7 Å². The van der Waals surface area contributed by atoms with Crippen LogP contribution in [0.3, 0.4) is 0 Å². The van der Waals surface area contributed by atoms with Crippen molar-refractivity contribution in [3.05, 3.63) is 59.7 Å². The number of amides is 2. The molecule has 26 heavy (non-hydrogen) atoms. The van der Waals surface area contributed by atoms with Gasteiger partial charge in [0, 0.05) is 12.0 Å². The average molecular weight is 356 g/mol. The SMILES string of the molecule is COc1cc(C(=O)NNC(=O)CCc2ccccc2)ccc1OC(C)C. The van der Waals surface area contributed by atoms with Crippen molar-refractivity contribution in [2.75, 3.05) is 7.11 Å². The molecule has 0 fully saturated rings. The quantitative estimate of drug-likeness (QED) is 0.748. The minimum Gasteiger partial charge on any atom is -0.493 e. The van der Waals surface area contributed by atoms with E-state index in [2.05, 4.69) is 10.9 Å². The number of hydrazine groups is 1. The minimum absolute atomic E-state index is 0.00696. The van der Waals surface area contributed by atoms with Crippen molar-refractivity contribution in [2.24, 2.45) is 0 Å². The third-order valence-corrected chi connectivity index (χ3v) is 3.59. The summed E-state index contributed by atoms with van der Waals surface area (Å²) in [6.45, 7) is 3.82. The zero-order valence-electron chi connectivity index (χ0n) is 15.2. The van der Waals surface area contributed by atoms with Gasteiger partial charge in [-0.05, 0) is 44.0 Å². The second-order valence-corrected chi connectivity index (χ2v) is 6.02. The second-order valence-electron chi connectivity index (χ2n) is 6.02. The van der Waals surface area contributed by atoms with Crippen LogP contribution in [0.25, 0.3) is 0 Å². The first kappa shape index (κ1) is 19.3. The fourth-order valence-electron chi connectivity index (χ4n) is 2.32. The van der Waals surface area contributed by atoms with E-state index in [1.165, 1.54) is 7.11 Å². The molecule has 0 aromatic heterocycles. The van der Waals surface area contributed by atoms with Crippen LogP contribution in [0.4, 0.5) is 0 Å². The summed E-state index contributed by atoms with van der Waals surface area (Å²) in [4.78, 5) is 24.1. The van der Waals surface area contributed by atoms with Crippen LogP contribution in [-0.4, -0.2) is 25.0 Å². The van der Waals surface area contributed by atoms with Gasteiger partial charge in [-0.1, -0.05) is 30.3 Å². The molecular formula is C20H24N2O4.